The van der Waals surface area contributed by atoms with E-state index in [0.29, 0.717) is 55.2 Å². The predicted octanol–water partition coefficient (Wildman–Crippen LogP) is 11.4. The Labute approximate surface area is 457 Å². The first-order valence-electron chi connectivity index (χ1n) is 28.1. The SMILES string of the molecule is CC1C(=O)CC(=O)C1C.CCC(C)(C)C(=O)OCCC[Si]12O[Si]3(CC)O[Si]4(CC)O[Si]5(CC)O[Si](CC)(O3)O[Si](CC)(O[Si](CC)(O5)O[Si](CC)(O4)O1)O2.CCC(C)C(=O)OC(C)(C)C.CCC(C)CC[SiH](C)C. The van der Waals surface area contributed by atoms with E-state index in [1.165, 1.54) is 18.9 Å². The Bertz CT molecular complexity index is 1720. The third-order valence-electron chi connectivity index (χ3n) is 14.5. The second-order valence-electron chi connectivity index (χ2n) is 22.7. The molecule has 7 aliphatic rings. The molecule has 27 heteroatoms. The van der Waals surface area contributed by atoms with Gasteiger partial charge < -0.3 is 58.9 Å². The number of carbonyl (C=O) groups excluding carboxylic acids is 4. The Morgan fingerprint density at radius 2 is 0.892 bits per heavy atom. The average molecular weight is 1210 g/mol. The molecule has 0 amide bonds. The molecule has 0 N–H and O–H groups in total. The number of carbonyl (C=O) groups is 4. The molecule has 0 spiro atoms. The van der Waals surface area contributed by atoms with E-state index in [4.69, 9.17) is 58.9 Å². The summed E-state index contributed by atoms with van der Waals surface area (Å²) in [6, 6.07) is 4.63. The highest BCUT2D eigenvalue weighted by molar-refractivity contribution is 7.03. The minimum Gasteiger partial charge on any atom is -0.465 e. The van der Waals surface area contributed by atoms with Crippen LogP contribution in [-0.2, 0) is 78.0 Å². The third-order valence-corrected chi connectivity index (χ3v) is 52.9. The van der Waals surface area contributed by atoms with E-state index in [-0.39, 0.29) is 74.7 Å². The Kier molecular flexibility index (Phi) is 25.3. The molecule has 0 aromatic carbocycles. The highest BCUT2D eigenvalue weighted by Crippen LogP contribution is 2.53. The van der Waals surface area contributed by atoms with Crippen molar-refractivity contribution in [2.75, 3.05) is 6.61 Å². The topological polar surface area (TPSA) is 197 Å². The lowest BCUT2D eigenvalue weighted by Crippen LogP contribution is -2.88. The highest BCUT2D eigenvalue weighted by Gasteiger charge is 2.82. The molecule has 6 aliphatic heterocycles. The fourth-order valence-corrected chi connectivity index (χ4v) is 59.2. The Hall–Kier alpha value is -0.248. The molecule has 7 fully saturated rings. The van der Waals surface area contributed by atoms with E-state index in [1.807, 2.05) is 118 Å². The molecule has 4 atom stereocenters. The van der Waals surface area contributed by atoms with Gasteiger partial charge in [0, 0.05) is 69.0 Å². The zero-order valence-electron chi connectivity index (χ0n) is 49.5. The monoisotopic (exact) mass is 1200 g/mol. The molecule has 6 saturated heterocycles. The number of Topliss-reactive ketones (excluding diaryl/α,β-unsaturated/α-hetero) is 2. The van der Waals surface area contributed by atoms with Crippen LogP contribution in [0.4, 0.5) is 0 Å². The zero-order valence-corrected chi connectivity index (χ0v) is 58.7. The van der Waals surface area contributed by atoms with Crippen LogP contribution in [0.3, 0.4) is 0 Å². The lowest BCUT2D eigenvalue weighted by Gasteiger charge is -2.63. The molecule has 8 bridgehead atoms. The van der Waals surface area contributed by atoms with E-state index in [0.717, 1.165) is 12.3 Å². The van der Waals surface area contributed by atoms with Gasteiger partial charge in [-0.2, -0.15) is 0 Å². The van der Waals surface area contributed by atoms with Gasteiger partial charge in [-0.3, -0.25) is 19.2 Å². The van der Waals surface area contributed by atoms with Crippen molar-refractivity contribution in [3.63, 3.8) is 0 Å². The van der Waals surface area contributed by atoms with Crippen LogP contribution in [0.25, 0.3) is 0 Å². The minimum absolute atomic E-state index is 0.0224. The minimum atomic E-state index is -3.87. The highest BCUT2D eigenvalue weighted by atomic mass is 28.6. The van der Waals surface area contributed by atoms with Crippen LogP contribution in [0.1, 0.15) is 170 Å². The number of rotatable bonds is 19. The zero-order chi connectivity index (χ0) is 56.4. The summed E-state index contributed by atoms with van der Waals surface area (Å²) in [6.07, 6.45) is 4.92. The summed E-state index contributed by atoms with van der Waals surface area (Å²) >= 11 is 0. The van der Waals surface area contributed by atoms with Crippen molar-refractivity contribution in [2.45, 2.75) is 243 Å². The standard InChI is InChI=1S/C23H52O14Si8.C9H18O2.C8H20Si.C7H10O2/c1-11-23(9,10)22(24)25-20-19-21-45-35-42(16-6)29-39(13-3)26-38(12-2)27-40(14-4,31-42)33-44(18-8,37-45)34-41(15-5,28-38)32-43(17-7,30-39)36-45;1-6-7(2)8(10)11-9(3,4)5;1-5-8(2)6-7-9(3)4;1-4-5(2)7(9)3-6(4)8/h11-21H2,1-10H3;7H,6H2,1-5H3;8-9H,5-7H2,1-4H3;4-5H,3H2,1-2H3. The summed E-state index contributed by atoms with van der Waals surface area (Å²) in [7, 11) is -29.9. The summed E-state index contributed by atoms with van der Waals surface area (Å²) in [5.74, 6) is 0.792. The van der Waals surface area contributed by atoms with Gasteiger partial charge in [-0.1, -0.05) is 129 Å². The molecule has 0 radical (unpaired) electrons. The van der Waals surface area contributed by atoms with Crippen molar-refractivity contribution in [2.24, 2.45) is 29.1 Å². The number of ether oxygens (including phenoxy) is 2. The maximum atomic E-state index is 12.8. The molecule has 7 rings (SSSR count). The van der Waals surface area contributed by atoms with Crippen molar-refractivity contribution in [1.82, 2.24) is 0 Å². The van der Waals surface area contributed by atoms with Gasteiger partial charge in [-0.25, -0.2) is 0 Å². The average Bonchev–Trinajstić information content (AvgIpc) is 3.55. The first kappa shape index (κ1) is 68.0. The lowest BCUT2D eigenvalue weighted by molar-refractivity contribution is -0.159. The van der Waals surface area contributed by atoms with Gasteiger partial charge in [0.15, 0.2) is 0 Å². The van der Waals surface area contributed by atoms with Gasteiger partial charge >= 0.3 is 82.4 Å². The van der Waals surface area contributed by atoms with Crippen molar-refractivity contribution in [3.05, 3.63) is 0 Å². The summed E-state index contributed by atoms with van der Waals surface area (Å²) in [4.78, 5) is 45.5. The van der Waals surface area contributed by atoms with Crippen LogP contribution < -0.4 is 0 Å². The smallest absolute Gasteiger partial charge is 0.465 e. The Balaban J connectivity index is 0.000000401. The van der Waals surface area contributed by atoms with Crippen LogP contribution in [0.5, 0.6) is 0 Å². The molecule has 0 aromatic heterocycles. The van der Waals surface area contributed by atoms with Crippen LogP contribution in [0.2, 0.25) is 67.5 Å². The molecule has 4 unspecified atom stereocenters. The van der Waals surface area contributed by atoms with Crippen molar-refractivity contribution in [1.29, 1.82) is 0 Å². The van der Waals surface area contributed by atoms with Crippen molar-refractivity contribution in [3.8, 4) is 0 Å². The quantitative estimate of drug-likeness (QED) is 0.0512. The van der Waals surface area contributed by atoms with Crippen LogP contribution in [0.15, 0.2) is 0 Å². The van der Waals surface area contributed by atoms with Gasteiger partial charge in [0.25, 0.3) is 0 Å². The molecular weight excluding hydrogens is 1110 g/mol. The summed E-state index contributed by atoms with van der Waals surface area (Å²) in [6.45, 7) is 42.3. The van der Waals surface area contributed by atoms with E-state index in [2.05, 4.69) is 26.9 Å². The number of ketones is 2. The second-order valence-corrected chi connectivity index (χ2v) is 52.2. The molecule has 0 aromatic rings. The van der Waals surface area contributed by atoms with Gasteiger partial charge in [0.2, 0.25) is 0 Å². The molecule has 1 aliphatic carbocycles. The maximum Gasteiger partial charge on any atom is 0.479 e. The molecule has 432 valence electrons. The van der Waals surface area contributed by atoms with Crippen molar-refractivity contribution >= 4 is 103 Å². The van der Waals surface area contributed by atoms with Gasteiger partial charge in [0.1, 0.15) is 17.2 Å². The van der Waals surface area contributed by atoms with E-state index in [1.54, 1.807) is 0 Å². The fourth-order valence-electron chi connectivity index (χ4n) is 8.25. The van der Waals surface area contributed by atoms with E-state index < -0.39 is 75.9 Å². The van der Waals surface area contributed by atoms with Crippen LogP contribution >= 0.6 is 0 Å². The van der Waals surface area contributed by atoms with Crippen molar-refractivity contribution < 1.29 is 78.0 Å². The van der Waals surface area contributed by atoms with Gasteiger partial charge in [-0.05, 0) is 59.8 Å². The summed E-state index contributed by atoms with van der Waals surface area (Å²) in [5.41, 5.74) is -0.931. The lowest BCUT2D eigenvalue weighted by atomic mass is 9.91. The first-order chi connectivity index (χ1) is 34.3. The summed E-state index contributed by atoms with van der Waals surface area (Å²) in [5, 5.41) is 0. The largest absolute Gasteiger partial charge is 0.479 e. The fraction of sp³-hybridized carbons (Fsp3) is 0.915. The number of hydrogen-bond donors (Lipinski definition) is 0. The molecular formula is C47H100O18Si9. The van der Waals surface area contributed by atoms with Crippen LogP contribution in [0, 0.1) is 29.1 Å². The Morgan fingerprint density at radius 3 is 1.12 bits per heavy atom. The summed E-state index contributed by atoms with van der Waals surface area (Å²) < 4.78 is 96.5. The third kappa shape index (κ3) is 17.4. The van der Waals surface area contributed by atoms with E-state index >= 15 is 0 Å². The maximum absolute atomic E-state index is 12.8. The normalized spacial score (nSPS) is 36.1. The van der Waals surface area contributed by atoms with Crippen LogP contribution in [-0.4, -0.2) is 115 Å². The molecule has 1 saturated carbocycles. The number of hydrogen-bond acceptors (Lipinski definition) is 18. The molecule has 74 heavy (non-hydrogen) atoms. The van der Waals surface area contributed by atoms with Gasteiger partial charge in [-0.15, -0.1) is 0 Å². The Morgan fingerprint density at radius 1 is 0.568 bits per heavy atom. The van der Waals surface area contributed by atoms with Gasteiger partial charge in [0.05, 0.1) is 24.4 Å². The predicted molar refractivity (Wildman–Crippen MR) is 303 cm³/mol. The number of esters is 2. The molecule has 6 heterocycles. The second kappa shape index (κ2) is 27.5. The first-order valence-corrected chi connectivity index (χ1v) is 46.7. The molecule has 18 nitrogen and oxygen atoms in total. The van der Waals surface area contributed by atoms with E-state index in [9.17, 15) is 19.2 Å².